The van der Waals surface area contributed by atoms with Gasteiger partial charge in [-0.25, -0.2) is 0 Å². The number of aromatic nitrogens is 2. The largest absolute Gasteiger partial charge is 0.468 e. The Bertz CT molecular complexity index is 708. The van der Waals surface area contributed by atoms with Crippen LogP contribution in [-0.4, -0.2) is 29.1 Å². The standard InChI is InChI=1S/C16H14N2O3/c1-18-10-13(9-8-12-6-4-3-5-7-12)15(17-18)14(11-19)16(20)21-2/h3-7,10-11,14H,1-2H3. The summed E-state index contributed by atoms with van der Waals surface area (Å²) >= 11 is 0. The monoisotopic (exact) mass is 282 g/mol. The Morgan fingerprint density at radius 2 is 2.05 bits per heavy atom. The van der Waals surface area contributed by atoms with Crippen LogP contribution >= 0.6 is 0 Å². The van der Waals surface area contributed by atoms with Gasteiger partial charge in [-0.05, 0) is 12.1 Å². The molecule has 2 aromatic rings. The van der Waals surface area contributed by atoms with Crippen molar-refractivity contribution in [1.29, 1.82) is 0 Å². The van der Waals surface area contributed by atoms with Crippen molar-refractivity contribution in [1.82, 2.24) is 9.78 Å². The van der Waals surface area contributed by atoms with Crippen LogP contribution in [0.25, 0.3) is 0 Å². The average Bonchev–Trinajstić information content (AvgIpc) is 2.87. The maximum Gasteiger partial charge on any atom is 0.322 e. The number of benzene rings is 1. The molecule has 0 saturated heterocycles. The van der Waals surface area contributed by atoms with Crippen LogP contribution in [0.1, 0.15) is 22.7 Å². The molecule has 0 radical (unpaired) electrons. The van der Waals surface area contributed by atoms with Crippen molar-refractivity contribution in [2.75, 3.05) is 7.11 Å². The van der Waals surface area contributed by atoms with Crippen molar-refractivity contribution < 1.29 is 14.3 Å². The highest BCUT2D eigenvalue weighted by Gasteiger charge is 2.26. The molecule has 1 unspecified atom stereocenters. The van der Waals surface area contributed by atoms with Gasteiger partial charge in [-0.3, -0.25) is 9.48 Å². The summed E-state index contributed by atoms with van der Waals surface area (Å²) in [4.78, 5) is 22.8. The number of carbonyl (C=O) groups excluding carboxylic acids is 2. The third-order valence-electron chi connectivity index (χ3n) is 2.86. The van der Waals surface area contributed by atoms with Crippen molar-refractivity contribution in [3.8, 4) is 11.8 Å². The number of methoxy groups -OCH3 is 1. The van der Waals surface area contributed by atoms with Crippen LogP contribution in [-0.2, 0) is 21.4 Å². The quantitative estimate of drug-likeness (QED) is 0.368. The number of ether oxygens (including phenoxy) is 1. The molecule has 1 atom stereocenters. The third kappa shape index (κ3) is 3.37. The molecule has 0 amide bonds. The Labute approximate surface area is 122 Å². The molecule has 0 fully saturated rings. The van der Waals surface area contributed by atoms with E-state index < -0.39 is 11.9 Å². The number of nitrogens with zero attached hydrogens (tertiary/aromatic N) is 2. The van der Waals surface area contributed by atoms with Gasteiger partial charge in [0.2, 0.25) is 0 Å². The number of rotatable bonds is 3. The first-order valence-corrected chi connectivity index (χ1v) is 6.29. The Kier molecular flexibility index (Phi) is 4.52. The van der Waals surface area contributed by atoms with Gasteiger partial charge >= 0.3 is 5.97 Å². The van der Waals surface area contributed by atoms with E-state index in [0.717, 1.165) is 5.56 Å². The molecule has 0 N–H and O–H groups in total. The zero-order valence-electron chi connectivity index (χ0n) is 11.7. The smallest absolute Gasteiger partial charge is 0.322 e. The van der Waals surface area contributed by atoms with E-state index in [1.807, 2.05) is 30.3 Å². The molecule has 0 aliphatic rings. The molecule has 1 aromatic heterocycles. The van der Waals surface area contributed by atoms with Gasteiger partial charge < -0.3 is 9.53 Å². The number of aldehydes is 1. The summed E-state index contributed by atoms with van der Waals surface area (Å²) in [6.45, 7) is 0. The molecule has 1 aromatic carbocycles. The first-order chi connectivity index (χ1) is 10.2. The van der Waals surface area contributed by atoms with Gasteiger partial charge in [0.1, 0.15) is 6.29 Å². The lowest BCUT2D eigenvalue weighted by atomic mass is 10.0. The number of aryl methyl sites for hydroxylation is 1. The summed E-state index contributed by atoms with van der Waals surface area (Å²) in [7, 11) is 2.94. The van der Waals surface area contributed by atoms with E-state index in [0.29, 0.717) is 17.5 Å². The normalized spacial score (nSPS) is 11.1. The van der Waals surface area contributed by atoms with Crippen LogP contribution in [0.15, 0.2) is 36.5 Å². The van der Waals surface area contributed by atoms with Crippen LogP contribution in [0.3, 0.4) is 0 Å². The summed E-state index contributed by atoms with van der Waals surface area (Å²) in [6, 6.07) is 9.43. The first kappa shape index (κ1) is 14.5. The van der Waals surface area contributed by atoms with Crippen molar-refractivity contribution in [3.63, 3.8) is 0 Å². The molecule has 0 aliphatic heterocycles. The van der Waals surface area contributed by atoms with Crippen LogP contribution in [0.4, 0.5) is 0 Å². The molecule has 0 aliphatic carbocycles. The predicted octanol–water partition coefficient (Wildman–Crippen LogP) is 1.28. The minimum atomic E-state index is -1.06. The lowest BCUT2D eigenvalue weighted by Crippen LogP contribution is -2.17. The lowest BCUT2D eigenvalue weighted by molar-refractivity contribution is -0.143. The molecule has 0 bridgehead atoms. The maximum absolute atomic E-state index is 11.6. The molecular weight excluding hydrogens is 268 g/mol. The Hall–Kier alpha value is -2.87. The fourth-order valence-electron chi connectivity index (χ4n) is 1.85. The fourth-order valence-corrected chi connectivity index (χ4v) is 1.85. The van der Waals surface area contributed by atoms with Crippen LogP contribution in [0.5, 0.6) is 0 Å². The second kappa shape index (κ2) is 6.53. The zero-order chi connectivity index (χ0) is 15.2. The van der Waals surface area contributed by atoms with E-state index in [-0.39, 0.29) is 0 Å². The van der Waals surface area contributed by atoms with E-state index in [1.165, 1.54) is 11.8 Å². The van der Waals surface area contributed by atoms with Crippen molar-refractivity contribution in [2.24, 2.45) is 7.05 Å². The predicted molar refractivity (Wildman–Crippen MR) is 76.5 cm³/mol. The SMILES string of the molecule is COC(=O)C(C=O)c1nn(C)cc1C#Cc1ccccc1. The van der Waals surface area contributed by atoms with Gasteiger partial charge in [0.15, 0.2) is 5.92 Å². The molecule has 106 valence electrons. The first-order valence-electron chi connectivity index (χ1n) is 6.29. The van der Waals surface area contributed by atoms with Gasteiger partial charge in [0.05, 0.1) is 18.4 Å². The highest BCUT2D eigenvalue weighted by molar-refractivity contribution is 5.94. The maximum atomic E-state index is 11.6. The van der Waals surface area contributed by atoms with Gasteiger partial charge in [0, 0.05) is 18.8 Å². The topological polar surface area (TPSA) is 61.2 Å². The summed E-state index contributed by atoms with van der Waals surface area (Å²) in [5, 5.41) is 4.15. The number of hydrogen-bond donors (Lipinski definition) is 0. The number of hydrogen-bond acceptors (Lipinski definition) is 4. The second-order valence-corrected chi connectivity index (χ2v) is 4.35. The van der Waals surface area contributed by atoms with Crippen molar-refractivity contribution in [2.45, 2.75) is 5.92 Å². The van der Waals surface area contributed by atoms with Crippen molar-refractivity contribution in [3.05, 3.63) is 53.3 Å². The van der Waals surface area contributed by atoms with E-state index in [1.54, 1.807) is 13.2 Å². The van der Waals surface area contributed by atoms with Gasteiger partial charge in [-0.1, -0.05) is 30.0 Å². The fraction of sp³-hybridized carbons (Fsp3) is 0.188. The molecule has 5 nitrogen and oxygen atoms in total. The lowest BCUT2D eigenvalue weighted by Gasteiger charge is -2.04. The van der Waals surface area contributed by atoms with E-state index in [9.17, 15) is 9.59 Å². The molecule has 21 heavy (non-hydrogen) atoms. The van der Waals surface area contributed by atoms with Crippen LogP contribution in [0, 0.1) is 11.8 Å². The summed E-state index contributed by atoms with van der Waals surface area (Å²) in [5.74, 6) is 4.22. The second-order valence-electron chi connectivity index (χ2n) is 4.35. The molecule has 2 rings (SSSR count). The molecular formula is C16H14N2O3. The minimum absolute atomic E-state index is 0.308. The van der Waals surface area contributed by atoms with Gasteiger partial charge in [0.25, 0.3) is 0 Å². The third-order valence-corrected chi connectivity index (χ3v) is 2.86. The Balaban J connectivity index is 2.40. The molecule has 1 heterocycles. The van der Waals surface area contributed by atoms with Crippen molar-refractivity contribution >= 4 is 12.3 Å². The van der Waals surface area contributed by atoms with E-state index in [2.05, 4.69) is 21.7 Å². The highest BCUT2D eigenvalue weighted by atomic mass is 16.5. The molecule has 0 spiro atoms. The van der Waals surface area contributed by atoms with E-state index in [4.69, 9.17) is 0 Å². The van der Waals surface area contributed by atoms with E-state index >= 15 is 0 Å². The van der Waals surface area contributed by atoms with Gasteiger partial charge in [-0.2, -0.15) is 5.10 Å². The number of carbonyl (C=O) groups is 2. The average molecular weight is 282 g/mol. The summed E-state index contributed by atoms with van der Waals surface area (Å²) < 4.78 is 6.13. The summed E-state index contributed by atoms with van der Waals surface area (Å²) in [5.41, 5.74) is 1.68. The zero-order valence-corrected chi connectivity index (χ0v) is 11.7. The molecule has 5 heteroatoms. The summed E-state index contributed by atoms with van der Waals surface area (Å²) in [6.07, 6.45) is 2.19. The molecule has 0 saturated carbocycles. The highest BCUT2D eigenvalue weighted by Crippen LogP contribution is 2.17. The minimum Gasteiger partial charge on any atom is -0.468 e. The van der Waals surface area contributed by atoms with Crippen LogP contribution < -0.4 is 0 Å². The Morgan fingerprint density at radius 1 is 1.33 bits per heavy atom. The Morgan fingerprint density at radius 3 is 2.67 bits per heavy atom. The van der Waals surface area contributed by atoms with Gasteiger partial charge in [-0.15, -0.1) is 0 Å². The number of esters is 1. The van der Waals surface area contributed by atoms with Crippen LogP contribution in [0.2, 0.25) is 0 Å².